The zero-order chi connectivity index (χ0) is 22.4. The Bertz CT molecular complexity index is 1020. The number of benzene rings is 2. The first kappa shape index (κ1) is 23.1. The number of nitrogens with zero attached hydrogens (tertiary/aromatic N) is 2. The van der Waals surface area contributed by atoms with Gasteiger partial charge in [0.05, 0.1) is 17.6 Å². The highest BCUT2D eigenvalue weighted by Crippen LogP contribution is 2.28. The van der Waals surface area contributed by atoms with E-state index in [1.54, 1.807) is 19.2 Å². The van der Waals surface area contributed by atoms with Crippen molar-refractivity contribution < 1.29 is 17.9 Å². The molecule has 1 fully saturated rings. The minimum Gasteiger partial charge on any atom is -0.496 e. The van der Waals surface area contributed by atoms with E-state index in [0.717, 1.165) is 47.2 Å². The average Bonchev–Trinajstić information content (AvgIpc) is 2.79. The molecule has 1 aliphatic rings. The minimum atomic E-state index is -3.63. The van der Waals surface area contributed by atoms with Gasteiger partial charge >= 0.3 is 0 Å². The quantitative estimate of drug-likeness (QED) is 0.676. The van der Waals surface area contributed by atoms with Crippen LogP contribution in [0.5, 0.6) is 5.75 Å². The van der Waals surface area contributed by atoms with Crippen molar-refractivity contribution in [1.29, 1.82) is 0 Å². The summed E-state index contributed by atoms with van der Waals surface area (Å²) in [5.41, 5.74) is 2.18. The molecule has 0 aliphatic carbocycles. The Balaban J connectivity index is 1.84. The summed E-state index contributed by atoms with van der Waals surface area (Å²) in [6, 6.07) is 12.5. The normalized spacial score (nSPS) is 14.5. The van der Waals surface area contributed by atoms with Crippen molar-refractivity contribution in [3.8, 4) is 5.75 Å². The van der Waals surface area contributed by atoms with Crippen LogP contribution in [0.4, 0.5) is 5.69 Å². The highest BCUT2D eigenvalue weighted by atomic mass is 32.2. The Hall–Kier alpha value is -2.58. The summed E-state index contributed by atoms with van der Waals surface area (Å²) in [5.74, 6) is 0.510. The second-order valence-electron chi connectivity index (χ2n) is 7.83. The van der Waals surface area contributed by atoms with Crippen molar-refractivity contribution in [2.24, 2.45) is 0 Å². The average molecular weight is 446 g/mol. The zero-order valence-corrected chi connectivity index (χ0v) is 19.2. The molecule has 1 saturated heterocycles. The van der Waals surface area contributed by atoms with E-state index in [9.17, 15) is 13.2 Å². The standard InChI is InChI=1S/C23H31N3O4S/c1-25(2)31(28,29)19-11-12-21(26-15-7-4-8-16-26)20(17-19)23(27)24-14-13-18-9-5-6-10-22(18)30-3/h5-6,9-12,17H,4,7-8,13-16H2,1-3H3,(H,24,27). The maximum Gasteiger partial charge on any atom is 0.253 e. The van der Waals surface area contributed by atoms with E-state index in [-0.39, 0.29) is 10.8 Å². The number of hydrogen-bond donors (Lipinski definition) is 1. The van der Waals surface area contributed by atoms with Crippen molar-refractivity contribution in [1.82, 2.24) is 9.62 Å². The van der Waals surface area contributed by atoms with E-state index in [0.29, 0.717) is 18.5 Å². The molecule has 168 valence electrons. The van der Waals surface area contributed by atoms with Crippen LogP contribution in [0.25, 0.3) is 0 Å². The number of carbonyl (C=O) groups is 1. The third-order valence-electron chi connectivity index (χ3n) is 5.56. The van der Waals surface area contributed by atoms with Gasteiger partial charge in [0.25, 0.3) is 5.91 Å². The van der Waals surface area contributed by atoms with E-state index in [1.807, 2.05) is 24.3 Å². The second kappa shape index (κ2) is 10.2. The van der Waals surface area contributed by atoms with Gasteiger partial charge in [0.15, 0.2) is 0 Å². The molecule has 7 nitrogen and oxygen atoms in total. The highest BCUT2D eigenvalue weighted by molar-refractivity contribution is 7.89. The highest BCUT2D eigenvalue weighted by Gasteiger charge is 2.24. The predicted octanol–water partition coefficient (Wildman–Crippen LogP) is 2.91. The predicted molar refractivity (Wildman–Crippen MR) is 122 cm³/mol. The molecule has 0 bridgehead atoms. The van der Waals surface area contributed by atoms with Crippen molar-refractivity contribution in [2.75, 3.05) is 45.7 Å². The number of ether oxygens (including phenoxy) is 1. The third-order valence-corrected chi connectivity index (χ3v) is 7.37. The lowest BCUT2D eigenvalue weighted by Gasteiger charge is -2.30. The number of anilines is 1. The third kappa shape index (κ3) is 5.37. The van der Waals surface area contributed by atoms with Gasteiger partial charge in [-0.2, -0.15) is 0 Å². The molecule has 3 rings (SSSR count). The van der Waals surface area contributed by atoms with Gasteiger partial charge < -0.3 is 15.0 Å². The Morgan fingerprint density at radius 1 is 1.10 bits per heavy atom. The fraction of sp³-hybridized carbons (Fsp3) is 0.435. The SMILES string of the molecule is COc1ccccc1CCNC(=O)c1cc(S(=O)(=O)N(C)C)ccc1N1CCCCC1. The smallest absolute Gasteiger partial charge is 0.253 e. The molecule has 2 aromatic rings. The molecule has 0 aromatic heterocycles. The first-order chi connectivity index (χ1) is 14.8. The van der Waals surface area contributed by atoms with Crippen LogP contribution in [0, 0.1) is 0 Å². The molecule has 8 heteroatoms. The van der Waals surface area contributed by atoms with Gasteiger partial charge in [-0.25, -0.2) is 12.7 Å². The number of para-hydroxylation sites is 1. The molecule has 31 heavy (non-hydrogen) atoms. The van der Waals surface area contributed by atoms with E-state index in [1.165, 1.54) is 26.6 Å². The number of amides is 1. The van der Waals surface area contributed by atoms with Gasteiger partial charge in [0.1, 0.15) is 5.75 Å². The van der Waals surface area contributed by atoms with Crippen LogP contribution in [-0.4, -0.2) is 59.5 Å². The van der Waals surface area contributed by atoms with Crippen molar-refractivity contribution in [2.45, 2.75) is 30.6 Å². The van der Waals surface area contributed by atoms with Crippen LogP contribution >= 0.6 is 0 Å². The van der Waals surface area contributed by atoms with Crippen LogP contribution in [0.1, 0.15) is 35.2 Å². The number of hydrogen-bond acceptors (Lipinski definition) is 5. The topological polar surface area (TPSA) is 78.9 Å². The molecule has 1 amide bonds. The Kier molecular flexibility index (Phi) is 7.56. The van der Waals surface area contributed by atoms with Crippen LogP contribution in [0.2, 0.25) is 0 Å². The van der Waals surface area contributed by atoms with Gasteiger partial charge in [-0.3, -0.25) is 4.79 Å². The fourth-order valence-electron chi connectivity index (χ4n) is 3.79. The fourth-order valence-corrected chi connectivity index (χ4v) is 4.72. The first-order valence-corrected chi connectivity index (χ1v) is 12.0. The summed E-state index contributed by atoms with van der Waals surface area (Å²) in [5, 5.41) is 2.96. The largest absolute Gasteiger partial charge is 0.496 e. The van der Waals surface area contributed by atoms with Crippen LogP contribution in [-0.2, 0) is 16.4 Å². The molecule has 1 heterocycles. The van der Waals surface area contributed by atoms with Gasteiger partial charge in [-0.15, -0.1) is 0 Å². The van der Waals surface area contributed by atoms with Crippen LogP contribution in [0.3, 0.4) is 0 Å². The summed E-state index contributed by atoms with van der Waals surface area (Å²) in [6.07, 6.45) is 3.91. The van der Waals surface area contributed by atoms with Crippen molar-refractivity contribution in [3.05, 3.63) is 53.6 Å². The maximum atomic E-state index is 13.1. The van der Waals surface area contributed by atoms with E-state index < -0.39 is 10.0 Å². The van der Waals surface area contributed by atoms with Crippen molar-refractivity contribution in [3.63, 3.8) is 0 Å². The monoisotopic (exact) mass is 445 g/mol. The molecule has 0 unspecified atom stereocenters. The Morgan fingerprint density at radius 3 is 2.48 bits per heavy atom. The number of nitrogens with one attached hydrogen (secondary N) is 1. The van der Waals surface area contributed by atoms with Gasteiger partial charge in [-0.1, -0.05) is 18.2 Å². The Labute approximate surface area is 185 Å². The summed E-state index contributed by atoms with van der Waals surface area (Å²) in [4.78, 5) is 15.4. The van der Waals surface area contributed by atoms with Crippen molar-refractivity contribution >= 4 is 21.6 Å². The number of carbonyl (C=O) groups excluding carboxylic acids is 1. The summed E-state index contributed by atoms with van der Waals surface area (Å²) in [6.45, 7) is 2.14. The molecule has 0 spiro atoms. The van der Waals surface area contributed by atoms with E-state index in [2.05, 4.69) is 10.2 Å². The molecular formula is C23H31N3O4S. The zero-order valence-electron chi connectivity index (χ0n) is 18.4. The molecule has 0 radical (unpaired) electrons. The van der Waals surface area contributed by atoms with E-state index >= 15 is 0 Å². The second-order valence-corrected chi connectivity index (χ2v) is 9.98. The van der Waals surface area contributed by atoms with E-state index in [4.69, 9.17) is 4.74 Å². The molecule has 0 atom stereocenters. The molecular weight excluding hydrogens is 414 g/mol. The lowest BCUT2D eigenvalue weighted by Crippen LogP contribution is -2.33. The minimum absolute atomic E-state index is 0.119. The van der Waals surface area contributed by atoms with Gasteiger partial charge in [0.2, 0.25) is 10.0 Å². The lowest BCUT2D eigenvalue weighted by atomic mass is 10.1. The van der Waals surface area contributed by atoms with Crippen LogP contribution < -0.4 is 15.0 Å². The molecule has 2 aromatic carbocycles. The number of sulfonamides is 1. The number of methoxy groups -OCH3 is 1. The molecule has 1 aliphatic heterocycles. The van der Waals surface area contributed by atoms with Crippen LogP contribution in [0.15, 0.2) is 47.4 Å². The maximum absolute atomic E-state index is 13.1. The molecule has 0 saturated carbocycles. The Morgan fingerprint density at radius 2 is 1.81 bits per heavy atom. The van der Waals surface area contributed by atoms with Gasteiger partial charge in [0, 0.05) is 39.4 Å². The number of rotatable bonds is 8. The molecule has 1 N–H and O–H groups in total. The summed E-state index contributed by atoms with van der Waals surface area (Å²) < 4.78 is 31.8. The van der Waals surface area contributed by atoms with Gasteiger partial charge in [-0.05, 0) is 55.5 Å². The first-order valence-electron chi connectivity index (χ1n) is 10.6. The summed E-state index contributed by atoms with van der Waals surface area (Å²) >= 11 is 0. The number of piperidine rings is 1. The summed E-state index contributed by atoms with van der Waals surface area (Å²) in [7, 11) is 0.963. The lowest BCUT2D eigenvalue weighted by molar-refractivity contribution is 0.0954.